The Morgan fingerprint density at radius 1 is 1.47 bits per heavy atom. The Balaban J connectivity index is 2.90. The normalized spacial score (nSPS) is 11.6. The Morgan fingerprint density at radius 3 is 2.59 bits per heavy atom. The van der Waals surface area contributed by atoms with E-state index in [2.05, 4.69) is 5.10 Å². The number of aromatic nitrogens is 2. The second kappa shape index (κ2) is 5.24. The van der Waals surface area contributed by atoms with Crippen molar-refractivity contribution in [2.75, 3.05) is 18.5 Å². The molecule has 0 unspecified atom stereocenters. The zero-order chi connectivity index (χ0) is 13.1. The molecule has 1 aromatic rings. The van der Waals surface area contributed by atoms with Gasteiger partial charge in [-0.3, -0.25) is 9.48 Å². The van der Waals surface area contributed by atoms with Gasteiger partial charge in [-0.1, -0.05) is 6.92 Å². The fourth-order valence-electron chi connectivity index (χ4n) is 1.43. The van der Waals surface area contributed by atoms with Gasteiger partial charge in [0.2, 0.25) is 0 Å². The summed E-state index contributed by atoms with van der Waals surface area (Å²) < 4.78 is 36.9. The van der Waals surface area contributed by atoms with E-state index in [4.69, 9.17) is 0 Å². The highest BCUT2D eigenvalue weighted by molar-refractivity contribution is 6.57. The van der Waals surface area contributed by atoms with Gasteiger partial charge in [-0.15, -0.1) is 0 Å². The lowest BCUT2D eigenvalue weighted by atomic mass is 9.93. The van der Waals surface area contributed by atoms with E-state index in [1.165, 1.54) is 12.3 Å². The third-order valence-electron chi connectivity index (χ3n) is 2.23. The van der Waals surface area contributed by atoms with Crippen LogP contribution in [0.1, 0.15) is 13.3 Å². The van der Waals surface area contributed by atoms with E-state index in [0.29, 0.717) is 16.9 Å². The minimum atomic E-state index is -5.05. The van der Waals surface area contributed by atoms with Crippen molar-refractivity contribution in [1.82, 2.24) is 9.78 Å². The minimum Gasteiger partial charge on any atom is -0.448 e. The van der Waals surface area contributed by atoms with Crippen molar-refractivity contribution < 1.29 is 12.9 Å². The molecule has 0 saturated heterocycles. The predicted molar refractivity (Wildman–Crippen MR) is 61.1 cm³/mol. The first kappa shape index (κ1) is 13.6. The standard InChI is InChI=1S/C9H14BF3N3O/c1-3-4-15(2)8-5-9(17)16(14-6-8)7-10(11,12)13/h5-6H,3-4,7H2,1-2H3/q-1. The largest absolute Gasteiger partial charge is 0.499 e. The van der Waals surface area contributed by atoms with Gasteiger partial charge >= 0.3 is 6.98 Å². The molecule has 0 saturated carbocycles. The molecule has 0 aliphatic rings. The molecular weight excluding hydrogens is 234 g/mol. The SMILES string of the molecule is CCCN(C)c1cnn(C[B-](F)(F)F)c(=O)c1. The van der Waals surface area contributed by atoms with E-state index < -0.39 is 19.0 Å². The number of hydrogen-bond acceptors (Lipinski definition) is 3. The number of hydrogen-bond donors (Lipinski definition) is 0. The first-order valence-electron chi connectivity index (χ1n) is 5.33. The molecule has 0 aliphatic heterocycles. The first-order valence-corrected chi connectivity index (χ1v) is 5.33. The molecule has 96 valence electrons. The van der Waals surface area contributed by atoms with Crippen molar-refractivity contribution in [3.63, 3.8) is 0 Å². The molecule has 0 aliphatic carbocycles. The van der Waals surface area contributed by atoms with Gasteiger partial charge in [-0.05, 0) is 6.42 Å². The second-order valence-corrected chi connectivity index (χ2v) is 3.87. The maximum absolute atomic E-state index is 12.2. The average molecular weight is 248 g/mol. The summed E-state index contributed by atoms with van der Waals surface area (Å²) in [5, 5.41) is 3.53. The first-order chi connectivity index (χ1) is 7.83. The third-order valence-corrected chi connectivity index (χ3v) is 2.23. The van der Waals surface area contributed by atoms with Crippen molar-refractivity contribution in [2.24, 2.45) is 0 Å². The number of nitrogens with zero attached hydrogens (tertiary/aromatic N) is 3. The van der Waals surface area contributed by atoms with Crippen molar-refractivity contribution >= 4 is 12.7 Å². The Morgan fingerprint density at radius 2 is 2.12 bits per heavy atom. The van der Waals surface area contributed by atoms with Crippen LogP contribution in [0.2, 0.25) is 0 Å². The second-order valence-electron chi connectivity index (χ2n) is 3.87. The smallest absolute Gasteiger partial charge is 0.448 e. The van der Waals surface area contributed by atoms with Crippen molar-refractivity contribution in [3.05, 3.63) is 22.6 Å². The molecule has 0 atom stereocenters. The molecule has 17 heavy (non-hydrogen) atoms. The quantitative estimate of drug-likeness (QED) is 0.740. The summed E-state index contributed by atoms with van der Waals surface area (Å²) in [5.74, 6) is 0. The van der Waals surface area contributed by atoms with Crippen LogP contribution in [0, 0.1) is 0 Å². The van der Waals surface area contributed by atoms with E-state index in [-0.39, 0.29) is 0 Å². The lowest BCUT2D eigenvalue weighted by molar-refractivity contribution is 0.430. The molecule has 1 rings (SSSR count). The van der Waals surface area contributed by atoms with Crippen molar-refractivity contribution in [3.8, 4) is 0 Å². The van der Waals surface area contributed by atoms with E-state index in [9.17, 15) is 17.7 Å². The van der Waals surface area contributed by atoms with Gasteiger partial charge < -0.3 is 17.8 Å². The topological polar surface area (TPSA) is 38.1 Å². The fourth-order valence-corrected chi connectivity index (χ4v) is 1.43. The zero-order valence-electron chi connectivity index (χ0n) is 9.74. The van der Waals surface area contributed by atoms with Crippen LogP contribution >= 0.6 is 0 Å². The van der Waals surface area contributed by atoms with Crippen LogP contribution < -0.4 is 10.5 Å². The number of rotatable bonds is 5. The van der Waals surface area contributed by atoms with Crippen molar-refractivity contribution in [2.45, 2.75) is 19.8 Å². The van der Waals surface area contributed by atoms with E-state index in [1.54, 1.807) is 11.9 Å². The van der Waals surface area contributed by atoms with Crippen molar-refractivity contribution in [1.29, 1.82) is 0 Å². The van der Waals surface area contributed by atoms with Gasteiger partial charge in [0.05, 0.1) is 11.9 Å². The summed E-state index contributed by atoms with van der Waals surface area (Å²) in [5.41, 5.74) is -0.201. The highest BCUT2D eigenvalue weighted by atomic mass is 19.4. The molecule has 4 nitrogen and oxygen atoms in total. The Labute approximate surface area is 97.1 Å². The van der Waals surface area contributed by atoms with Crippen LogP contribution in [0.4, 0.5) is 18.6 Å². The van der Waals surface area contributed by atoms with Crippen LogP contribution in [0.25, 0.3) is 0 Å². The van der Waals surface area contributed by atoms with Crippen LogP contribution in [0.15, 0.2) is 17.1 Å². The summed E-state index contributed by atoms with van der Waals surface area (Å²) in [6.07, 6.45) is 0.862. The van der Waals surface area contributed by atoms with Gasteiger partial charge in [0.1, 0.15) is 0 Å². The molecule has 1 heterocycles. The zero-order valence-corrected chi connectivity index (χ0v) is 9.74. The maximum Gasteiger partial charge on any atom is 0.499 e. The van der Waals surface area contributed by atoms with Gasteiger partial charge in [-0.2, -0.15) is 5.10 Å². The lowest BCUT2D eigenvalue weighted by Gasteiger charge is -2.19. The molecule has 8 heteroatoms. The van der Waals surface area contributed by atoms with Crippen LogP contribution in [0.3, 0.4) is 0 Å². The molecule has 0 bridgehead atoms. The van der Waals surface area contributed by atoms with Gasteiger partial charge in [0.15, 0.2) is 0 Å². The summed E-state index contributed by atoms with van der Waals surface area (Å²) in [6.45, 7) is -2.37. The Hall–Kier alpha value is -1.47. The summed E-state index contributed by atoms with van der Waals surface area (Å²) in [6, 6.07) is 1.17. The third kappa shape index (κ3) is 4.12. The summed E-state index contributed by atoms with van der Waals surface area (Å²) in [4.78, 5) is 13.2. The average Bonchev–Trinajstić information content (AvgIpc) is 2.19. The van der Waals surface area contributed by atoms with Gasteiger partial charge in [0.25, 0.3) is 5.56 Å². The summed E-state index contributed by atoms with van der Waals surface area (Å²) >= 11 is 0. The van der Waals surface area contributed by atoms with Crippen LogP contribution in [-0.4, -0.2) is 30.4 Å². The molecule has 0 N–H and O–H groups in total. The Kier molecular flexibility index (Phi) is 4.19. The highest BCUT2D eigenvalue weighted by Crippen LogP contribution is 2.11. The van der Waals surface area contributed by atoms with Gasteiger partial charge in [0, 0.05) is 26.1 Å². The molecule has 0 aromatic carbocycles. The highest BCUT2D eigenvalue weighted by Gasteiger charge is 2.24. The predicted octanol–water partition coefficient (Wildman–Crippen LogP) is 1.48. The van der Waals surface area contributed by atoms with Crippen LogP contribution in [-0.2, 0) is 6.44 Å². The molecule has 0 fully saturated rings. The lowest BCUT2D eigenvalue weighted by Crippen LogP contribution is -2.34. The molecule has 0 radical (unpaired) electrons. The molecular formula is C9H14BF3N3O-. The molecule has 1 aromatic heterocycles. The fraction of sp³-hybridized carbons (Fsp3) is 0.556. The molecule has 0 amide bonds. The monoisotopic (exact) mass is 248 g/mol. The van der Waals surface area contributed by atoms with E-state index in [1.807, 2.05) is 6.92 Å². The number of anilines is 1. The molecule has 0 spiro atoms. The maximum atomic E-state index is 12.2. The van der Waals surface area contributed by atoms with E-state index in [0.717, 1.165) is 6.42 Å². The number of halogens is 3. The van der Waals surface area contributed by atoms with Crippen LogP contribution in [0.5, 0.6) is 0 Å². The van der Waals surface area contributed by atoms with E-state index >= 15 is 0 Å². The minimum absolute atomic E-state index is 0.434. The Bertz CT molecular complexity index is 432. The van der Waals surface area contributed by atoms with Gasteiger partial charge in [-0.25, -0.2) is 0 Å². The summed E-state index contributed by atoms with van der Waals surface area (Å²) in [7, 11) is 1.76.